The van der Waals surface area contributed by atoms with Crippen LogP contribution in [-0.4, -0.2) is 47.4 Å². The molecule has 0 bridgehead atoms. The molecule has 2 heterocycles. The molecule has 1 aliphatic heterocycles. The predicted molar refractivity (Wildman–Crippen MR) is 93.2 cm³/mol. The number of rotatable bonds is 5. The lowest BCUT2D eigenvalue weighted by Gasteiger charge is -2.32. The zero-order chi connectivity index (χ0) is 17.5. The SMILES string of the molecule is O=C(NC1CCN(C(=O)COc2ccccc2)CC1)c1ccncc1. The Morgan fingerprint density at radius 1 is 1.08 bits per heavy atom. The molecule has 130 valence electrons. The third kappa shape index (κ3) is 4.79. The van der Waals surface area contributed by atoms with Gasteiger partial charge in [0.05, 0.1) is 0 Å². The van der Waals surface area contributed by atoms with Crippen LogP contribution >= 0.6 is 0 Å². The number of hydrogen-bond acceptors (Lipinski definition) is 4. The van der Waals surface area contributed by atoms with Crippen LogP contribution in [0.2, 0.25) is 0 Å². The van der Waals surface area contributed by atoms with Crippen molar-refractivity contribution in [2.24, 2.45) is 0 Å². The molecule has 2 aromatic rings. The summed E-state index contributed by atoms with van der Waals surface area (Å²) in [5.41, 5.74) is 0.602. The van der Waals surface area contributed by atoms with Gasteiger partial charge in [0.15, 0.2) is 6.61 Å². The van der Waals surface area contributed by atoms with E-state index in [-0.39, 0.29) is 24.5 Å². The molecule has 0 aliphatic carbocycles. The highest BCUT2D eigenvalue weighted by atomic mass is 16.5. The lowest BCUT2D eigenvalue weighted by Crippen LogP contribution is -2.47. The molecule has 0 spiro atoms. The van der Waals surface area contributed by atoms with E-state index in [1.54, 1.807) is 29.4 Å². The summed E-state index contributed by atoms with van der Waals surface area (Å²) in [6, 6.07) is 12.8. The van der Waals surface area contributed by atoms with Gasteiger partial charge in [-0.2, -0.15) is 0 Å². The van der Waals surface area contributed by atoms with Gasteiger partial charge in [-0.25, -0.2) is 0 Å². The van der Waals surface area contributed by atoms with Crippen LogP contribution in [0.15, 0.2) is 54.9 Å². The standard InChI is InChI=1S/C19H21N3O3/c23-18(14-25-17-4-2-1-3-5-17)22-12-8-16(9-13-22)21-19(24)15-6-10-20-11-7-15/h1-7,10-11,16H,8-9,12-14H2,(H,21,24). The number of amides is 2. The number of aromatic nitrogens is 1. The van der Waals surface area contributed by atoms with Crippen molar-refractivity contribution in [1.29, 1.82) is 0 Å². The number of benzene rings is 1. The highest BCUT2D eigenvalue weighted by molar-refractivity contribution is 5.94. The fraction of sp³-hybridized carbons (Fsp3) is 0.316. The quantitative estimate of drug-likeness (QED) is 0.903. The molecular weight excluding hydrogens is 318 g/mol. The molecule has 1 aromatic heterocycles. The second-order valence-electron chi connectivity index (χ2n) is 5.97. The number of para-hydroxylation sites is 1. The van der Waals surface area contributed by atoms with E-state index in [0.29, 0.717) is 24.4 Å². The summed E-state index contributed by atoms with van der Waals surface area (Å²) in [5, 5.41) is 3.02. The third-order valence-electron chi connectivity index (χ3n) is 4.23. The first-order valence-corrected chi connectivity index (χ1v) is 8.39. The number of likely N-dealkylation sites (tertiary alicyclic amines) is 1. The molecule has 6 nitrogen and oxygen atoms in total. The Bertz CT molecular complexity index is 698. The number of ether oxygens (including phenoxy) is 1. The van der Waals surface area contributed by atoms with E-state index in [0.717, 1.165) is 12.8 Å². The van der Waals surface area contributed by atoms with Crippen molar-refractivity contribution in [3.63, 3.8) is 0 Å². The molecule has 3 rings (SSSR count). The van der Waals surface area contributed by atoms with Gasteiger partial charge in [-0.05, 0) is 37.1 Å². The first kappa shape index (κ1) is 17.0. The van der Waals surface area contributed by atoms with Gasteiger partial charge < -0.3 is 15.0 Å². The van der Waals surface area contributed by atoms with Crippen LogP contribution in [0.3, 0.4) is 0 Å². The molecule has 1 aliphatic rings. The minimum absolute atomic E-state index is 0.0252. The largest absolute Gasteiger partial charge is 0.484 e. The monoisotopic (exact) mass is 339 g/mol. The third-order valence-corrected chi connectivity index (χ3v) is 4.23. The molecule has 6 heteroatoms. The van der Waals surface area contributed by atoms with Crippen LogP contribution in [0.4, 0.5) is 0 Å². The summed E-state index contributed by atoms with van der Waals surface area (Å²) in [5.74, 6) is 0.567. The van der Waals surface area contributed by atoms with Gasteiger partial charge in [-0.3, -0.25) is 14.6 Å². The zero-order valence-electron chi connectivity index (χ0n) is 13.9. The Balaban J connectivity index is 1.42. The summed E-state index contributed by atoms with van der Waals surface area (Å²) < 4.78 is 5.50. The molecule has 1 fully saturated rings. The van der Waals surface area contributed by atoms with Crippen molar-refractivity contribution in [2.45, 2.75) is 18.9 Å². The van der Waals surface area contributed by atoms with Gasteiger partial charge >= 0.3 is 0 Å². The predicted octanol–water partition coefficient (Wildman–Crippen LogP) is 1.88. The van der Waals surface area contributed by atoms with E-state index in [2.05, 4.69) is 10.3 Å². The van der Waals surface area contributed by atoms with Gasteiger partial charge in [0.25, 0.3) is 11.8 Å². The average molecular weight is 339 g/mol. The topological polar surface area (TPSA) is 71.5 Å². The molecular formula is C19H21N3O3. The molecule has 1 aromatic carbocycles. The van der Waals surface area contributed by atoms with Crippen LogP contribution in [0.5, 0.6) is 5.75 Å². The van der Waals surface area contributed by atoms with Gasteiger partial charge in [-0.15, -0.1) is 0 Å². The number of piperidine rings is 1. The van der Waals surface area contributed by atoms with Crippen molar-refractivity contribution >= 4 is 11.8 Å². The number of pyridine rings is 1. The smallest absolute Gasteiger partial charge is 0.260 e. The fourth-order valence-electron chi connectivity index (χ4n) is 2.80. The van der Waals surface area contributed by atoms with Crippen LogP contribution < -0.4 is 10.1 Å². The van der Waals surface area contributed by atoms with E-state index in [9.17, 15) is 9.59 Å². The molecule has 0 radical (unpaired) electrons. The van der Waals surface area contributed by atoms with Crippen molar-refractivity contribution in [3.05, 3.63) is 60.4 Å². The second-order valence-corrected chi connectivity index (χ2v) is 5.97. The lowest BCUT2D eigenvalue weighted by molar-refractivity contribution is -0.134. The van der Waals surface area contributed by atoms with Gasteiger partial charge in [0, 0.05) is 37.1 Å². The fourth-order valence-corrected chi connectivity index (χ4v) is 2.80. The minimum atomic E-state index is -0.0976. The maximum atomic E-state index is 12.2. The Morgan fingerprint density at radius 2 is 1.76 bits per heavy atom. The summed E-state index contributed by atoms with van der Waals surface area (Å²) in [6.45, 7) is 1.29. The Labute approximate surface area is 146 Å². The molecule has 25 heavy (non-hydrogen) atoms. The van der Waals surface area contributed by atoms with Gasteiger partial charge in [0.1, 0.15) is 5.75 Å². The van der Waals surface area contributed by atoms with E-state index >= 15 is 0 Å². The van der Waals surface area contributed by atoms with Crippen molar-refractivity contribution < 1.29 is 14.3 Å². The molecule has 2 amide bonds. The van der Waals surface area contributed by atoms with Crippen molar-refractivity contribution in [3.8, 4) is 5.75 Å². The number of carbonyl (C=O) groups is 2. The van der Waals surface area contributed by atoms with Gasteiger partial charge in [0.2, 0.25) is 0 Å². The van der Waals surface area contributed by atoms with Crippen LogP contribution in [-0.2, 0) is 4.79 Å². The highest BCUT2D eigenvalue weighted by Gasteiger charge is 2.24. The Hall–Kier alpha value is -2.89. The lowest BCUT2D eigenvalue weighted by atomic mass is 10.0. The average Bonchev–Trinajstić information content (AvgIpc) is 2.68. The van der Waals surface area contributed by atoms with Crippen LogP contribution in [0.1, 0.15) is 23.2 Å². The first-order valence-electron chi connectivity index (χ1n) is 8.39. The highest BCUT2D eigenvalue weighted by Crippen LogP contribution is 2.13. The summed E-state index contributed by atoms with van der Waals surface area (Å²) >= 11 is 0. The van der Waals surface area contributed by atoms with E-state index < -0.39 is 0 Å². The number of hydrogen-bond donors (Lipinski definition) is 1. The summed E-state index contributed by atoms with van der Waals surface area (Å²) in [4.78, 5) is 30.1. The number of nitrogens with zero attached hydrogens (tertiary/aromatic N) is 2. The maximum Gasteiger partial charge on any atom is 0.260 e. The number of nitrogens with one attached hydrogen (secondary N) is 1. The maximum absolute atomic E-state index is 12.2. The van der Waals surface area contributed by atoms with Crippen LogP contribution in [0.25, 0.3) is 0 Å². The molecule has 1 N–H and O–H groups in total. The minimum Gasteiger partial charge on any atom is -0.484 e. The molecule has 0 saturated carbocycles. The Morgan fingerprint density at radius 3 is 2.44 bits per heavy atom. The van der Waals surface area contributed by atoms with Crippen LogP contribution in [0, 0.1) is 0 Å². The molecule has 1 saturated heterocycles. The van der Waals surface area contributed by atoms with E-state index in [1.165, 1.54) is 0 Å². The Kier molecular flexibility index (Phi) is 5.61. The van der Waals surface area contributed by atoms with E-state index in [1.807, 2.05) is 30.3 Å². The normalized spacial score (nSPS) is 14.8. The van der Waals surface area contributed by atoms with E-state index in [4.69, 9.17) is 4.74 Å². The molecule has 0 atom stereocenters. The van der Waals surface area contributed by atoms with Gasteiger partial charge in [-0.1, -0.05) is 18.2 Å². The van der Waals surface area contributed by atoms with Crippen molar-refractivity contribution in [1.82, 2.24) is 15.2 Å². The first-order chi connectivity index (χ1) is 12.2. The summed E-state index contributed by atoms with van der Waals surface area (Å²) in [6.07, 6.45) is 4.69. The van der Waals surface area contributed by atoms with Crippen molar-refractivity contribution in [2.75, 3.05) is 19.7 Å². The number of carbonyl (C=O) groups excluding carboxylic acids is 2. The zero-order valence-corrected chi connectivity index (χ0v) is 13.9. The summed E-state index contributed by atoms with van der Waals surface area (Å²) in [7, 11) is 0. The molecule has 0 unspecified atom stereocenters. The second kappa shape index (κ2) is 8.28.